The summed E-state index contributed by atoms with van der Waals surface area (Å²) >= 11 is 3.47. The number of ether oxygens (including phenoxy) is 2. The number of hydrogen-bond donors (Lipinski definition) is 1. The quantitative estimate of drug-likeness (QED) is 0.856. The molecule has 1 amide bonds. The summed E-state index contributed by atoms with van der Waals surface area (Å²) in [6.07, 6.45) is 0.749. The van der Waals surface area contributed by atoms with E-state index in [1.165, 1.54) is 5.56 Å². The highest BCUT2D eigenvalue weighted by atomic mass is 79.9. The van der Waals surface area contributed by atoms with Gasteiger partial charge in [0.15, 0.2) is 6.61 Å². The van der Waals surface area contributed by atoms with Gasteiger partial charge in [0.1, 0.15) is 11.5 Å². The van der Waals surface area contributed by atoms with Crippen molar-refractivity contribution in [3.63, 3.8) is 0 Å². The van der Waals surface area contributed by atoms with Gasteiger partial charge < -0.3 is 14.8 Å². The van der Waals surface area contributed by atoms with E-state index in [1.54, 1.807) is 0 Å². The molecule has 0 spiro atoms. The first kappa shape index (κ1) is 16.8. The molecule has 0 fully saturated rings. The van der Waals surface area contributed by atoms with Gasteiger partial charge in [-0.25, -0.2) is 0 Å². The van der Waals surface area contributed by atoms with E-state index in [2.05, 4.69) is 21.2 Å². The van der Waals surface area contributed by atoms with Gasteiger partial charge in [-0.05, 0) is 55.3 Å². The van der Waals surface area contributed by atoms with E-state index in [4.69, 9.17) is 9.47 Å². The van der Waals surface area contributed by atoms with Crippen LogP contribution in [0.2, 0.25) is 0 Å². The number of fused-ring (bicyclic) bond motifs is 1. The van der Waals surface area contributed by atoms with E-state index in [1.807, 2.05) is 50.2 Å². The Kier molecular flexibility index (Phi) is 5.09. The molecule has 126 valence electrons. The Bertz CT molecular complexity index is 760. The first-order valence-corrected chi connectivity index (χ1v) is 8.74. The second-order valence-corrected chi connectivity index (χ2v) is 6.89. The maximum absolute atomic E-state index is 12.2. The lowest BCUT2D eigenvalue weighted by molar-refractivity contribution is -0.124. The number of nitrogens with one attached hydrogen (secondary N) is 1. The zero-order valence-corrected chi connectivity index (χ0v) is 15.4. The highest BCUT2D eigenvalue weighted by molar-refractivity contribution is 9.10. The van der Waals surface area contributed by atoms with Crippen molar-refractivity contribution >= 4 is 21.8 Å². The predicted octanol–water partition coefficient (Wildman–Crippen LogP) is 4.08. The summed E-state index contributed by atoms with van der Waals surface area (Å²) < 4.78 is 12.2. The van der Waals surface area contributed by atoms with Crippen LogP contribution in [0.1, 0.15) is 29.2 Å². The van der Waals surface area contributed by atoms with Crippen LogP contribution in [-0.4, -0.2) is 19.1 Å². The molecule has 0 bridgehead atoms. The van der Waals surface area contributed by atoms with Crippen molar-refractivity contribution in [2.24, 2.45) is 0 Å². The van der Waals surface area contributed by atoms with Crippen LogP contribution < -0.4 is 14.8 Å². The molecule has 1 aliphatic rings. The summed E-state index contributed by atoms with van der Waals surface area (Å²) in [6.45, 7) is 4.67. The first-order valence-electron chi connectivity index (χ1n) is 7.94. The zero-order valence-electron chi connectivity index (χ0n) is 13.8. The molecule has 4 nitrogen and oxygen atoms in total. The van der Waals surface area contributed by atoms with Gasteiger partial charge >= 0.3 is 0 Å². The Morgan fingerprint density at radius 2 is 2.08 bits per heavy atom. The van der Waals surface area contributed by atoms with Crippen molar-refractivity contribution in [2.45, 2.75) is 26.3 Å². The van der Waals surface area contributed by atoms with E-state index in [9.17, 15) is 4.79 Å². The van der Waals surface area contributed by atoms with E-state index in [0.717, 1.165) is 27.8 Å². The van der Waals surface area contributed by atoms with E-state index in [-0.39, 0.29) is 18.6 Å². The standard InChI is InChI=1S/C19H20BrNO3/c1-12-3-5-15(9-13(12)2)24-11-19(22)21-17-7-8-23-18-6-4-14(20)10-16(17)18/h3-6,9-10,17H,7-8,11H2,1-2H3,(H,21,22). The second kappa shape index (κ2) is 7.26. The molecule has 0 radical (unpaired) electrons. The summed E-state index contributed by atoms with van der Waals surface area (Å²) in [4.78, 5) is 12.2. The minimum absolute atomic E-state index is 0.00317. The van der Waals surface area contributed by atoms with Crippen LogP contribution in [0.15, 0.2) is 40.9 Å². The Labute approximate surface area is 150 Å². The number of rotatable bonds is 4. The van der Waals surface area contributed by atoms with Crippen LogP contribution >= 0.6 is 15.9 Å². The summed E-state index contributed by atoms with van der Waals surface area (Å²) in [5, 5.41) is 3.03. The molecule has 0 saturated carbocycles. The third-order valence-corrected chi connectivity index (χ3v) is 4.69. The highest BCUT2D eigenvalue weighted by Crippen LogP contribution is 2.34. The maximum atomic E-state index is 12.2. The van der Waals surface area contributed by atoms with Gasteiger partial charge in [0.05, 0.1) is 12.6 Å². The molecule has 0 aromatic heterocycles. The van der Waals surface area contributed by atoms with E-state index in [0.29, 0.717) is 12.4 Å². The van der Waals surface area contributed by atoms with E-state index < -0.39 is 0 Å². The number of aryl methyl sites for hydroxylation is 2. The van der Waals surface area contributed by atoms with Gasteiger partial charge in [0, 0.05) is 16.5 Å². The molecule has 1 aliphatic heterocycles. The number of carbonyl (C=O) groups excluding carboxylic acids is 1. The first-order chi connectivity index (χ1) is 11.5. The lowest BCUT2D eigenvalue weighted by atomic mass is 10.0. The number of halogens is 1. The molecule has 1 atom stereocenters. The molecular formula is C19H20BrNO3. The van der Waals surface area contributed by atoms with Gasteiger partial charge in [-0.1, -0.05) is 22.0 Å². The predicted molar refractivity (Wildman–Crippen MR) is 96.5 cm³/mol. The SMILES string of the molecule is Cc1ccc(OCC(=O)NC2CCOc3ccc(Br)cc32)cc1C. The zero-order chi connectivity index (χ0) is 17.1. The molecule has 1 heterocycles. The van der Waals surface area contributed by atoms with Crippen molar-refractivity contribution < 1.29 is 14.3 Å². The maximum Gasteiger partial charge on any atom is 0.258 e. The van der Waals surface area contributed by atoms with Crippen molar-refractivity contribution in [2.75, 3.05) is 13.2 Å². The Morgan fingerprint density at radius 3 is 2.88 bits per heavy atom. The van der Waals surface area contributed by atoms with Gasteiger partial charge in [-0.15, -0.1) is 0 Å². The molecule has 24 heavy (non-hydrogen) atoms. The molecule has 0 saturated heterocycles. The molecule has 3 rings (SSSR count). The largest absolute Gasteiger partial charge is 0.493 e. The number of benzene rings is 2. The normalized spacial score (nSPS) is 16.0. The van der Waals surface area contributed by atoms with Crippen LogP contribution in [0.3, 0.4) is 0 Å². The van der Waals surface area contributed by atoms with Crippen LogP contribution in [0.5, 0.6) is 11.5 Å². The van der Waals surface area contributed by atoms with Gasteiger partial charge in [0.25, 0.3) is 5.91 Å². The molecule has 0 aliphatic carbocycles. The van der Waals surface area contributed by atoms with Crippen molar-refractivity contribution in [1.29, 1.82) is 0 Å². The van der Waals surface area contributed by atoms with Crippen molar-refractivity contribution in [1.82, 2.24) is 5.32 Å². The fourth-order valence-corrected chi connectivity index (χ4v) is 3.08. The monoisotopic (exact) mass is 389 g/mol. The molecule has 2 aromatic rings. The highest BCUT2D eigenvalue weighted by Gasteiger charge is 2.23. The lowest BCUT2D eigenvalue weighted by Crippen LogP contribution is -2.35. The van der Waals surface area contributed by atoms with Gasteiger partial charge in [-0.2, -0.15) is 0 Å². The average Bonchev–Trinajstić information content (AvgIpc) is 2.56. The number of carbonyl (C=O) groups is 1. The van der Waals surface area contributed by atoms with E-state index >= 15 is 0 Å². The fraction of sp³-hybridized carbons (Fsp3) is 0.316. The lowest BCUT2D eigenvalue weighted by Gasteiger charge is -2.27. The summed E-state index contributed by atoms with van der Waals surface area (Å²) in [6, 6.07) is 11.6. The molecule has 1 unspecified atom stereocenters. The van der Waals surface area contributed by atoms with Crippen molar-refractivity contribution in [3.8, 4) is 11.5 Å². The Balaban J connectivity index is 1.61. The second-order valence-electron chi connectivity index (χ2n) is 5.97. The third-order valence-electron chi connectivity index (χ3n) is 4.19. The fourth-order valence-electron chi connectivity index (χ4n) is 2.70. The van der Waals surface area contributed by atoms with Crippen LogP contribution in [0.25, 0.3) is 0 Å². The minimum Gasteiger partial charge on any atom is -0.493 e. The molecular weight excluding hydrogens is 370 g/mol. The van der Waals surface area contributed by atoms with Gasteiger partial charge in [0.2, 0.25) is 0 Å². The average molecular weight is 390 g/mol. The summed E-state index contributed by atoms with van der Waals surface area (Å²) in [5.41, 5.74) is 3.35. The molecule has 1 N–H and O–H groups in total. The summed E-state index contributed by atoms with van der Waals surface area (Å²) in [5.74, 6) is 1.40. The van der Waals surface area contributed by atoms with Crippen LogP contribution in [-0.2, 0) is 4.79 Å². The van der Waals surface area contributed by atoms with Gasteiger partial charge in [-0.3, -0.25) is 4.79 Å². The van der Waals surface area contributed by atoms with Crippen LogP contribution in [0, 0.1) is 13.8 Å². The number of hydrogen-bond acceptors (Lipinski definition) is 3. The smallest absolute Gasteiger partial charge is 0.258 e. The topological polar surface area (TPSA) is 47.6 Å². The number of amides is 1. The minimum atomic E-state index is -0.133. The molecule has 5 heteroatoms. The molecule has 2 aromatic carbocycles. The Morgan fingerprint density at radius 1 is 1.25 bits per heavy atom. The Hall–Kier alpha value is -2.01. The summed E-state index contributed by atoms with van der Waals surface area (Å²) in [7, 11) is 0. The van der Waals surface area contributed by atoms with Crippen LogP contribution in [0.4, 0.5) is 0 Å². The third kappa shape index (κ3) is 3.90. The van der Waals surface area contributed by atoms with Crippen molar-refractivity contribution in [3.05, 3.63) is 57.6 Å².